The average molecular weight is 445 g/mol. The van der Waals surface area contributed by atoms with Crippen molar-refractivity contribution >= 4 is 23.5 Å². The maximum Gasteiger partial charge on any atom is 0.308 e. The number of anilines is 1. The molecule has 0 radical (unpaired) electrons. The molecule has 0 aliphatic heterocycles. The third-order valence-electron chi connectivity index (χ3n) is 5.08. The first kappa shape index (κ1) is 23.7. The molecule has 0 bridgehead atoms. The van der Waals surface area contributed by atoms with E-state index in [1.54, 1.807) is 24.3 Å². The van der Waals surface area contributed by atoms with Gasteiger partial charge in [-0.3, -0.25) is 14.4 Å². The highest BCUT2D eigenvalue weighted by atomic mass is 16.5. The first-order valence-corrected chi connectivity index (χ1v) is 10.7. The second-order valence-corrected chi connectivity index (χ2v) is 8.74. The lowest BCUT2D eigenvalue weighted by Gasteiger charge is -2.19. The van der Waals surface area contributed by atoms with Gasteiger partial charge in [-0.1, -0.05) is 57.2 Å². The number of amides is 2. The number of para-hydroxylation sites is 1. The Kier molecular flexibility index (Phi) is 7.28. The van der Waals surface area contributed by atoms with Crippen LogP contribution in [0.2, 0.25) is 0 Å². The van der Waals surface area contributed by atoms with Gasteiger partial charge in [-0.05, 0) is 52.9 Å². The van der Waals surface area contributed by atoms with Gasteiger partial charge in [0, 0.05) is 30.3 Å². The predicted molar refractivity (Wildman–Crippen MR) is 128 cm³/mol. The second-order valence-electron chi connectivity index (χ2n) is 8.74. The molecule has 0 aromatic heterocycles. The van der Waals surface area contributed by atoms with Crippen molar-refractivity contribution in [3.63, 3.8) is 0 Å². The fraction of sp³-hybridized carbons (Fsp3) is 0.222. The fourth-order valence-electron chi connectivity index (χ4n) is 3.26. The van der Waals surface area contributed by atoms with Crippen molar-refractivity contribution in [1.82, 2.24) is 5.32 Å². The summed E-state index contributed by atoms with van der Waals surface area (Å²) in [5.74, 6) is -0.684. The van der Waals surface area contributed by atoms with E-state index < -0.39 is 5.97 Å². The highest BCUT2D eigenvalue weighted by Crippen LogP contribution is 2.23. The molecule has 0 heterocycles. The van der Waals surface area contributed by atoms with Crippen molar-refractivity contribution in [2.75, 3.05) is 5.32 Å². The molecular weight excluding hydrogens is 416 g/mol. The highest BCUT2D eigenvalue weighted by molar-refractivity contribution is 6.04. The summed E-state index contributed by atoms with van der Waals surface area (Å²) in [7, 11) is 0. The zero-order valence-electron chi connectivity index (χ0n) is 19.3. The summed E-state index contributed by atoms with van der Waals surface area (Å²) in [6.45, 7) is 7.89. The van der Waals surface area contributed by atoms with Crippen LogP contribution in [0.25, 0.3) is 0 Å². The van der Waals surface area contributed by atoms with Gasteiger partial charge in [0.25, 0.3) is 11.8 Å². The number of hydrogen-bond donors (Lipinski definition) is 2. The lowest BCUT2D eigenvalue weighted by atomic mass is 9.87. The Labute approximate surface area is 194 Å². The van der Waals surface area contributed by atoms with Crippen molar-refractivity contribution < 1.29 is 19.1 Å². The van der Waals surface area contributed by atoms with Crippen LogP contribution in [-0.4, -0.2) is 17.8 Å². The summed E-state index contributed by atoms with van der Waals surface area (Å²) in [5.41, 5.74) is 3.48. The van der Waals surface area contributed by atoms with Crippen LogP contribution in [0.15, 0.2) is 72.8 Å². The SMILES string of the molecule is CC(=O)Oc1cccc(C(=O)NCc2ccccc2NC(=O)c2ccc(C(C)(C)C)cc2)c1. The number of carbonyl (C=O) groups excluding carboxylic acids is 3. The van der Waals surface area contributed by atoms with Gasteiger partial charge in [0.05, 0.1) is 0 Å². The third-order valence-corrected chi connectivity index (χ3v) is 5.08. The summed E-state index contributed by atoms with van der Waals surface area (Å²) >= 11 is 0. The summed E-state index contributed by atoms with van der Waals surface area (Å²) in [6, 6.07) is 21.3. The van der Waals surface area contributed by atoms with Crippen LogP contribution in [0.4, 0.5) is 5.69 Å². The number of ether oxygens (including phenoxy) is 1. The zero-order valence-corrected chi connectivity index (χ0v) is 19.3. The van der Waals surface area contributed by atoms with Crippen LogP contribution in [0.5, 0.6) is 5.75 Å². The second kappa shape index (κ2) is 10.1. The average Bonchev–Trinajstić information content (AvgIpc) is 2.77. The van der Waals surface area contributed by atoms with Gasteiger partial charge in [-0.15, -0.1) is 0 Å². The molecule has 6 heteroatoms. The van der Waals surface area contributed by atoms with Gasteiger partial charge in [0.1, 0.15) is 5.75 Å². The number of rotatable bonds is 6. The zero-order chi connectivity index (χ0) is 24.0. The lowest BCUT2D eigenvalue weighted by Crippen LogP contribution is -2.24. The minimum Gasteiger partial charge on any atom is -0.427 e. The smallest absolute Gasteiger partial charge is 0.308 e. The monoisotopic (exact) mass is 444 g/mol. The van der Waals surface area contributed by atoms with Crippen molar-refractivity contribution in [2.45, 2.75) is 39.7 Å². The van der Waals surface area contributed by atoms with E-state index in [4.69, 9.17) is 4.74 Å². The molecule has 0 spiro atoms. The molecule has 3 rings (SSSR count). The molecule has 6 nitrogen and oxygen atoms in total. The third kappa shape index (κ3) is 6.53. The first-order valence-electron chi connectivity index (χ1n) is 10.7. The molecule has 0 aliphatic carbocycles. The maximum absolute atomic E-state index is 12.8. The van der Waals surface area contributed by atoms with Gasteiger partial charge in [-0.2, -0.15) is 0 Å². The van der Waals surface area contributed by atoms with Gasteiger partial charge < -0.3 is 15.4 Å². The van der Waals surface area contributed by atoms with Crippen LogP contribution in [0.3, 0.4) is 0 Å². The Hall–Kier alpha value is -3.93. The Bertz CT molecular complexity index is 1160. The Balaban J connectivity index is 1.67. The van der Waals surface area contributed by atoms with Crippen molar-refractivity contribution in [2.24, 2.45) is 0 Å². The van der Waals surface area contributed by atoms with Crippen LogP contribution in [-0.2, 0) is 16.8 Å². The molecule has 0 aliphatic rings. The molecule has 3 aromatic rings. The van der Waals surface area contributed by atoms with E-state index in [-0.39, 0.29) is 23.8 Å². The van der Waals surface area contributed by atoms with E-state index in [1.165, 1.54) is 13.0 Å². The molecule has 170 valence electrons. The van der Waals surface area contributed by atoms with Crippen molar-refractivity contribution in [1.29, 1.82) is 0 Å². The molecule has 0 unspecified atom stereocenters. The molecule has 2 N–H and O–H groups in total. The minimum absolute atomic E-state index is 0.0114. The van der Waals surface area contributed by atoms with Gasteiger partial charge in [0.15, 0.2) is 0 Å². The number of nitrogens with one attached hydrogen (secondary N) is 2. The Morgan fingerprint density at radius 3 is 2.18 bits per heavy atom. The molecular formula is C27H28N2O4. The number of esters is 1. The lowest BCUT2D eigenvalue weighted by molar-refractivity contribution is -0.131. The topological polar surface area (TPSA) is 84.5 Å². The van der Waals surface area contributed by atoms with Crippen LogP contribution >= 0.6 is 0 Å². The van der Waals surface area contributed by atoms with E-state index in [1.807, 2.05) is 42.5 Å². The van der Waals surface area contributed by atoms with Gasteiger partial charge in [-0.25, -0.2) is 0 Å². The van der Waals surface area contributed by atoms with Crippen LogP contribution < -0.4 is 15.4 Å². The fourth-order valence-corrected chi connectivity index (χ4v) is 3.26. The van der Waals surface area contributed by atoms with E-state index >= 15 is 0 Å². The van der Waals surface area contributed by atoms with Crippen molar-refractivity contribution in [3.05, 3.63) is 95.1 Å². The first-order chi connectivity index (χ1) is 15.6. The number of benzene rings is 3. The van der Waals surface area contributed by atoms with E-state index in [0.717, 1.165) is 11.1 Å². The van der Waals surface area contributed by atoms with E-state index in [9.17, 15) is 14.4 Å². The Morgan fingerprint density at radius 2 is 1.52 bits per heavy atom. The van der Waals surface area contributed by atoms with Gasteiger partial charge in [0.2, 0.25) is 0 Å². The molecule has 0 fully saturated rings. The molecule has 33 heavy (non-hydrogen) atoms. The largest absolute Gasteiger partial charge is 0.427 e. The van der Waals surface area contributed by atoms with Crippen LogP contribution in [0, 0.1) is 0 Å². The summed E-state index contributed by atoms with van der Waals surface area (Å²) < 4.78 is 5.03. The summed E-state index contributed by atoms with van der Waals surface area (Å²) in [4.78, 5) is 36.5. The normalized spacial score (nSPS) is 10.9. The Morgan fingerprint density at radius 1 is 0.818 bits per heavy atom. The summed E-state index contributed by atoms with van der Waals surface area (Å²) in [6.07, 6.45) is 0. The van der Waals surface area contributed by atoms with E-state index in [0.29, 0.717) is 22.6 Å². The predicted octanol–water partition coefficient (Wildman–Crippen LogP) is 5.09. The van der Waals surface area contributed by atoms with Crippen molar-refractivity contribution in [3.8, 4) is 5.75 Å². The molecule has 0 atom stereocenters. The van der Waals surface area contributed by atoms with Gasteiger partial charge >= 0.3 is 5.97 Å². The number of hydrogen-bond acceptors (Lipinski definition) is 4. The maximum atomic E-state index is 12.8. The molecule has 0 saturated carbocycles. The highest BCUT2D eigenvalue weighted by Gasteiger charge is 2.15. The number of carbonyl (C=O) groups is 3. The van der Waals surface area contributed by atoms with Crippen LogP contribution in [0.1, 0.15) is 59.5 Å². The molecule has 0 saturated heterocycles. The molecule has 3 aromatic carbocycles. The minimum atomic E-state index is -0.453. The standard InChI is InChI=1S/C27H28N2O4/c1-18(30)33-23-10-7-9-20(16-23)25(31)28-17-21-8-5-6-11-24(21)29-26(32)19-12-14-22(15-13-19)27(2,3)4/h5-16H,17H2,1-4H3,(H,28,31)(H,29,32). The summed E-state index contributed by atoms with van der Waals surface area (Å²) in [5, 5.41) is 5.77. The van der Waals surface area contributed by atoms with E-state index in [2.05, 4.69) is 31.4 Å². The molecule has 2 amide bonds. The quantitative estimate of drug-likeness (QED) is 0.410.